The molecule has 2 aromatic carbocycles. The minimum Gasteiger partial charge on any atom is -0.126 e. The highest BCUT2D eigenvalue weighted by atomic mass is 15.3. The van der Waals surface area contributed by atoms with Gasteiger partial charge in [-0.05, 0) is 0 Å². The number of hydrogen-bond donors (Lipinski definition) is 0. The van der Waals surface area contributed by atoms with Crippen LogP contribution in [0.4, 0.5) is 0 Å². The topological polar surface area (TPSA) is 51.6 Å². The normalized spacial score (nSPS) is 10.4. The molecule has 4 nitrogen and oxygen atoms in total. The van der Waals surface area contributed by atoms with Gasteiger partial charge in [0.05, 0.1) is 0 Å². The first-order chi connectivity index (χ1) is 9.72. The Morgan fingerprint density at radius 1 is 0.500 bits per heavy atom. The molecule has 4 radical (unpaired) electrons. The van der Waals surface area contributed by atoms with Crippen LogP contribution in [0.3, 0.4) is 0 Å². The summed E-state index contributed by atoms with van der Waals surface area (Å²) in [6.07, 6.45) is 0. The van der Waals surface area contributed by atoms with Crippen molar-refractivity contribution in [3.05, 3.63) is 48.5 Å². The summed E-state index contributed by atoms with van der Waals surface area (Å²) in [5.41, 5.74) is 3.02. The van der Waals surface area contributed by atoms with Gasteiger partial charge in [-0.2, -0.15) is 0 Å². The van der Waals surface area contributed by atoms with E-state index >= 15 is 0 Å². The molecule has 0 saturated carbocycles. The van der Waals surface area contributed by atoms with Gasteiger partial charge in [0.15, 0.2) is 0 Å². The van der Waals surface area contributed by atoms with Crippen LogP contribution in [-0.4, -0.2) is 36.1 Å². The fourth-order valence-corrected chi connectivity index (χ4v) is 1.72. The summed E-state index contributed by atoms with van der Waals surface area (Å²) in [5, 5.41) is 16.3. The molecule has 0 saturated heterocycles. The van der Waals surface area contributed by atoms with Crippen LogP contribution in [0.25, 0.3) is 22.8 Å². The van der Waals surface area contributed by atoms with Gasteiger partial charge in [0.1, 0.15) is 15.7 Å². The van der Waals surface area contributed by atoms with Crippen molar-refractivity contribution in [2.75, 3.05) is 0 Å². The predicted octanol–water partition coefficient (Wildman–Crippen LogP) is 0.188. The Morgan fingerprint density at radius 3 is 1.10 bits per heavy atom. The van der Waals surface area contributed by atoms with Crippen LogP contribution in [0.5, 0.6) is 0 Å². The second kappa shape index (κ2) is 5.25. The quantitative estimate of drug-likeness (QED) is 0.612. The zero-order valence-electron chi connectivity index (χ0n) is 10.6. The number of hydrogen-bond acceptors (Lipinski definition) is 4. The van der Waals surface area contributed by atoms with Crippen LogP contribution in [0, 0.1) is 0 Å². The maximum atomic E-state index is 5.63. The zero-order chi connectivity index (χ0) is 13.9. The predicted molar refractivity (Wildman–Crippen MR) is 79.3 cm³/mol. The van der Waals surface area contributed by atoms with Gasteiger partial charge in [-0.3, -0.25) is 0 Å². The lowest BCUT2D eigenvalue weighted by atomic mass is 9.95. The van der Waals surface area contributed by atoms with Gasteiger partial charge in [-0.25, -0.2) is 0 Å². The molecule has 1 heterocycles. The van der Waals surface area contributed by atoms with Crippen LogP contribution in [0.15, 0.2) is 48.5 Å². The molecule has 0 aliphatic carbocycles. The molecule has 0 aliphatic heterocycles. The summed E-state index contributed by atoms with van der Waals surface area (Å²) in [6, 6.07) is 14.5. The molecule has 0 bridgehead atoms. The Bertz CT molecular complexity index is 645. The van der Waals surface area contributed by atoms with Gasteiger partial charge >= 0.3 is 0 Å². The van der Waals surface area contributed by atoms with Gasteiger partial charge in [0.2, 0.25) is 11.6 Å². The van der Waals surface area contributed by atoms with Crippen molar-refractivity contribution in [2.24, 2.45) is 0 Å². The average molecular weight is 254 g/mol. The zero-order valence-corrected chi connectivity index (χ0v) is 10.6. The van der Waals surface area contributed by atoms with Crippen molar-refractivity contribution < 1.29 is 0 Å². The maximum Gasteiger partial charge on any atom is 0.203 e. The first-order valence-corrected chi connectivity index (χ1v) is 6.01. The SMILES string of the molecule is [B]c1ccc(-c2nnc(-c3ccc([B])cc3)nn2)cc1. The Labute approximate surface area is 119 Å². The number of rotatable bonds is 2. The molecule has 0 atom stereocenters. The van der Waals surface area contributed by atoms with Crippen molar-refractivity contribution in [3.8, 4) is 22.8 Å². The van der Waals surface area contributed by atoms with Crippen LogP contribution in [0.2, 0.25) is 0 Å². The lowest BCUT2D eigenvalue weighted by molar-refractivity contribution is 0.876. The molecule has 90 valence electrons. The largest absolute Gasteiger partial charge is 0.203 e. The molecule has 0 aliphatic rings. The van der Waals surface area contributed by atoms with Gasteiger partial charge < -0.3 is 0 Å². The highest BCUT2D eigenvalue weighted by Crippen LogP contribution is 2.14. The third-order valence-electron chi connectivity index (χ3n) is 2.82. The Balaban J connectivity index is 1.91. The monoisotopic (exact) mass is 254 g/mol. The highest BCUT2D eigenvalue weighted by Gasteiger charge is 2.05. The molecule has 0 fully saturated rings. The molecule has 0 unspecified atom stereocenters. The smallest absolute Gasteiger partial charge is 0.126 e. The second-order valence-electron chi connectivity index (χ2n) is 4.29. The maximum absolute atomic E-state index is 5.63. The molecule has 6 heteroatoms. The van der Waals surface area contributed by atoms with E-state index in [1.165, 1.54) is 0 Å². The fraction of sp³-hybridized carbons (Fsp3) is 0. The minimum absolute atomic E-state index is 0.462. The van der Waals surface area contributed by atoms with Crippen molar-refractivity contribution >= 4 is 26.6 Å². The van der Waals surface area contributed by atoms with Gasteiger partial charge in [-0.1, -0.05) is 59.5 Å². The van der Waals surface area contributed by atoms with E-state index in [2.05, 4.69) is 20.4 Å². The van der Waals surface area contributed by atoms with E-state index in [0.717, 1.165) is 11.1 Å². The molecule has 3 aromatic rings. The summed E-state index contributed by atoms with van der Waals surface area (Å²) >= 11 is 0. The van der Waals surface area contributed by atoms with Crippen LogP contribution in [0.1, 0.15) is 0 Å². The van der Waals surface area contributed by atoms with E-state index in [1.807, 2.05) is 24.3 Å². The van der Waals surface area contributed by atoms with E-state index in [1.54, 1.807) is 24.3 Å². The summed E-state index contributed by atoms with van der Waals surface area (Å²) in [4.78, 5) is 0. The van der Waals surface area contributed by atoms with Crippen molar-refractivity contribution in [3.63, 3.8) is 0 Å². The molecular weight excluding hydrogens is 246 g/mol. The average Bonchev–Trinajstić information content (AvgIpc) is 2.49. The lowest BCUT2D eigenvalue weighted by Gasteiger charge is -2.01. The molecule has 0 amide bonds. The molecule has 3 rings (SSSR count). The van der Waals surface area contributed by atoms with Gasteiger partial charge in [-0.15, -0.1) is 20.4 Å². The molecule has 0 N–H and O–H groups in total. The van der Waals surface area contributed by atoms with Gasteiger partial charge in [0, 0.05) is 11.1 Å². The van der Waals surface area contributed by atoms with E-state index in [-0.39, 0.29) is 0 Å². The van der Waals surface area contributed by atoms with Crippen LogP contribution >= 0.6 is 0 Å². The first kappa shape index (κ1) is 12.5. The number of benzene rings is 2. The summed E-state index contributed by atoms with van der Waals surface area (Å²) < 4.78 is 0. The molecule has 20 heavy (non-hydrogen) atoms. The fourth-order valence-electron chi connectivity index (χ4n) is 1.72. The number of nitrogens with zero attached hydrogens (tertiary/aromatic N) is 4. The molecule has 1 aromatic heterocycles. The summed E-state index contributed by atoms with van der Waals surface area (Å²) in [7, 11) is 11.3. The Kier molecular flexibility index (Phi) is 3.29. The minimum atomic E-state index is 0.462. The first-order valence-electron chi connectivity index (χ1n) is 6.01. The third-order valence-corrected chi connectivity index (χ3v) is 2.82. The molecule has 0 spiro atoms. The van der Waals surface area contributed by atoms with E-state index in [4.69, 9.17) is 15.7 Å². The van der Waals surface area contributed by atoms with Crippen molar-refractivity contribution in [2.45, 2.75) is 0 Å². The third kappa shape index (κ3) is 2.59. The molecular formula is C14H8B2N4. The van der Waals surface area contributed by atoms with E-state index < -0.39 is 0 Å². The van der Waals surface area contributed by atoms with Crippen molar-refractivity contribution in [1.82, 2.24) is 20.4 Å². The highest BCUT2D eigenvalue weighted by molar-refractivity contribution is 6.32. The van der Waals surface area contributed by atoms with E-state index in [9.17, 15) is 0 Å². The van der Waals surface area contributed by atoms with Crippen molar-refractivity contribution in [1.29, 1.82) is 0 Å². The van der Waals surface area contributed by atoms with Gasteiger partial charge in [0.25, 0.3) is 0 Å². The standard InChI is InChI=1S/C14H8B2N4/c15-11-5-1-9(2-6-11)13-17-19-14(20-18-13)10-3-7-12(16)8-4-10/h1-8H. The van der Waals surface area contributed by atoms with Crippen LogP contribution < -0.4 is 10.9 Å². The lowest BCUT2D eigenvalue weighted by Crippen LogP contribution is -2.03. The second-order valence-corrected chi connectivity index (χ2v) is 4.29. The Morgan fingerprint density at radius 2 is 0.800 bits per heavy atom. The van der Waals surface area contributed by atoms with Crippen LogP contribution in [-0.2, 0) is 0 Å². The number of aromatic nitrogens is 4. The Hall–Kier alpha value is -2.49. The summed E-state index contributed by atoms with van der Waals surface area (Å²) in [6.45, 7) is 0. The summed E-state index contributed by atoms with van der Waals surface area (Å²) in [5.74, 6) is 0.924. The van der Waals surface area contributed by atoms with E-state index in [0.29, 0.717) is 22.6 Å².